The van der Waals surface area contributed by atoms with Gasteiger partial charge in [-0.1, -0.05) is 0 Å². The van der Waals surface area contributed by atoms with Crippen LogP contribution in [0.4, 0.5) is 13.2 Å². The van der Waals surface area contributed by atoms with Crippen LogP contribution >= 0.6 is 0 Å². The largest absolute Gasteiger partial charge is 0.404 e. The van der Waals surface area contributed by atoms with Crippen LogP contribution < -0.4 is 0 Å². The smallest absolute Gasteiger partial charge is 0.389 e. The monoisotopic (exact) mass is 225 g/mol. The molecule has 0 saturated carbocycles. The van der Waals surface area contributed by atoms with Crippen LogP contribution in [0.3, 0.4) is 0 Å². The summed E-state index contributed by atoms with van der Waals surface area (Å²) in [5, 5.41) is 18.9. The van der Waals surface area contributed by atoms with Crippen molar-refractivity contribution in [3.05, 3.63) is 0 Å². The van der Waals surface area contributed by atoms with Crippen molar-refractivity contribution in [2.24, 2.45) is 0 Å². The summed E-state index contributed by atoms with van der Waals surface area (Å²) in [6.45, 7) is -0.0734. The van der Waals surface area contributed by atoms with Crippen molar-refractivity contribution in [1.82, 2.24) is 4.90 Å². The lowest BCUT2D eigenvalue weighted by Crippen LogP contribution is -2.52. The Morgan fingerprint density at radius 2 is 1.80 bits per heavy atom. The van der Waals surface area contributed by atoms with Gasteiger partial charge in [0, 0.05) is 12.6 Å². The lowest BCUT2D eigenvalue weighted by Gasteiger charge is -2.38. The van der Waals surface area contributed by atoms with E-state index in [4.69, 9.17) is 0 Å². The SMILES string of the molecule is OC1CN2C(CCCC2C(F)(F)F)C1O. The number of piperidine rings is 1. The van der Waals surface area contributed by atoms with Gasteiger partial charge < -0.3 is 10.2 Å². The summed E-state index contributed by atoms with van der Waals surface area (Å²) < 4.78 is 37.9. The maximum absolute atomic E-state index is 12.6. The van der Waals surface area contributed by atoms with Gasteiger partial charge in [-0.3, -0.25) is 4.90 Å². The minimum Gasteiger partial charge on any atom is -0.389 e. The molecule has 2 aliphatic rings. The van der Waals surface area contributed by atoms with E-state index in [9.17, 15) is 23.4 Å². The Labute approximate surface area is 85.5 Å². The van der Waals surface area contributed by atoms with Gasteiger partial charge in [0.2, 0.25) is 0 Å². The number of halogens is 3. The Bertz CT molecular complexity index is 246. The van der Waals surface area contributed by atoms with E-state index >= 15 is 0 Å². The lowest BCUT2D eigenvalue weighted by molar-refractivity contribution is -0.196. The molecule has 2 saturated heterocycles. The quantitative estimate of drug-likeness (QED) is 0.631. The average molecular weight is 225 g/mol. The van der Waals surface area contributed by atoms with E-state index in [1.165, 1.54) is 4.90 Å². The molecule has 2 rings (SSSR count). The van der Waals surface area contributed by atoms with E-state index in [1.54, 1.807) is 0 Å². The van der Waals surface area contributed by atoms with Gasteiger partial charge in [0.15, 0.2) is 0 Å². The second-order valence-electron chi connectivity index (χ2n) is 4.31. The van der Waals surface area contributed by atoms with Crippen molar-refractivity contribution in [2.75, 3.05) is 6.54 Å². The Hall–Kier alpha value is -0.330. The molecule has 0 aromatic rings. The zero-order valence-corrected chi connectivity index (χ0v) is 8.11. The molecule has 0 aromatic carbocycles. The van der Waals surface area contributed by atoms with Gasteiger partial charge in [-0.15, -0.1) is 0 Å². The molecule has 0 bridgehead atoms. The van der Waals surface area contributed by atoms with Gasteiger partial charge in [-0.05, 0) is 19.3 Å². The molecule has 6 heteroatoms. The van der Waals surface area contributed by atoms with Crippen LogP contribution in [0.1, 0.15) is 19.3 Å². The van der Waals surface area contributed by atoms with Gasteiger partial charge in [0.05, 0.1) is 12.2 Å². The molecule has 2 N–H and O–H groups in total. The minimum absolute atomic E-state index is 0.0689. The molecule has 0 radical (unpaired) electrons. The third-order valence-electron chi connectivity index (χ3n) is 3.37. The topological polar surface area (TPSA) is 43.7 Å². The van der Waals surface area contributed by atoms with Gasteiger partial charge in [0.25, 0.3) is 0 Å². The Morgan fingerprint density at radius 3 is 2.40 bits per heavy atom. The summed E-state index contributed by atoms with van der Waals surface area (Å²) in [4.78, 5) is 1.21. The van der Waals surface area contributed by atoms with E-state index in [0.29, 0.717) is 12.8 Å². The predicted octanol–water partition coefficient (Wildman–Crippen LogP) is 0.507. The van der Waals surface area contributed by atoms with E-state index in [2.05, 4.69) is 0 Å². The van der Waals surface area contributed by atoms with Crippen molar-refractivity contribution in [3.63, 3.8) is 0 Å². The highest BCUT2D eigenvalue weighted by Gasteiger charge is 2.53. The molecule has 0 aromatic heterocycles. The standard InChI is InChI=1S/C9H14F3NO2/c10-9(11,12)7-3-1-2-5-8(15)6(14)4-13(5)7/h5-8,14-15H,1-4H2. The van der Waals surface area contributed by atoms with Gasteiger partial charge >= 0.3 is 6.18 Å². The number of hydrogen-bond donors (Lipinski definition) is 2. The maximum Gasteiger partial charge on any atom is 0.404 e. The van der Waals surface area contributed by atoms with E-state index < -0.39 is 30.5 Å². The molecule has 0 aliphatic carbocycles. The molecule has 4 unspecified atom stereocenters. The zero-order chi connectivity index (χ0) is 11.2. The van der Waals surface area contributed by atoms with Crippen molar-refractivity contribution >= 4 is 0 Å². The fourth-order valence-electron chi connectivity index (χ4n) is 2.64. The average Bonchev–Trinajstić information content (AvgIpc) is 2.41. The first-order valence-electron chi connectivity index (χ1n) is 5.10. The fourth-order valence-corrected chi connectivity index (χ4v) is 2.64. The van der Waals surface area contributed by atoms with Crippen LogP contribution in [0.5, 0.6) is 0 Å². The van der Waals surface area contributed by atoms with Crippen LogP contribution in [0.25, 0.3) is 0 Å². The third kappa shape index (κ3) is 1.86. The van der Waals surface area contributed by atoms with Crippen molar-refractivity contribution in [1.29, 1.82) is 0 Å². The maximum atomic E-state index is 12.6. The van der Waals surface area contributed by atoms with E-state index in [0.717, 1.165) is 0 Å². The fraction of sp³-hybridized carbons (Fsp3) is 1.00. The number of rotatable bonds is 0. The highest BCUT2D eigenvalue weighted by atomic mass is 19.4. The second kappa shape index (κ2) is 3.61. The van der Waals surface area contributed by atoms with Crippen molar-refractivity contribution in [2.45, 2.75) is 49.7 Å². The Kier molecular flexibility index (Phi) is 2.68. The first kappa shape index (κ1) is 11.2. The lowest BCUT2D eigenvalue weighted by atomic mass is 9.95. The van der Waals surface area contributed by atoms with Gasteiger partial charge in [-0.25, -0.2) is 0 Å². The molecule has 0 amide bonds. The van der Waals surface area contributed by atoms with Crippen molar-refractivity contribution in [3.8, 4) is 0 Å². The summed E-state index contributed by atoms with van der Waals surface area (Å²) >= 11 is 0. The highest BCUT2D eigenvalue weighted by molar-refractivity contribution is 5.00. The highest BCUT2D eigenvalue weighted by Crippen LogP contribution is 2.38. The van der Waals surface area contributed by atoms with Crippen LogP contribution in [0.15, 0.2) is 0 Å². The van der Waals surface area contributed by atoms with Crippen LogP contribution in [0, 0.1) is 0 Å². The van der Waals surface area contributed by atoms with Gasteiger partial charge in [0.1, 0.15) is 6.04 Å². The zero-order valence-electron chi connectivity index (χ0n) is 8.11. The number of alkyl halides is 3. The normalized spacial score (nSPS) is 43.0. The molecule has 4 atom stereocenters. The molecule has 2 heterocycles. The number of aliphatic hydroxyl groups excluding tert-OH is 2. The van der Waals surface area contributed by atoms with Crippen LogP contribution in [-0.2, 0) is 0 Å². The molecular weight excluding hydrogens is 211 g/mol. The third-order valence-corrected chi connectivity index (χ3v) is 3.37. The minimum atomic E-state index is -4.26. The Morgan fingerprint density at radius 1 is 1.13 bits per heavy atom. The molecule has 2 aliphatic heterocycles. The van der Waals surface area contributed by atoms with Crippen molar-refractivity contribution < 1.29 is 23.4 Å². The number of hydrogen-bond acceptors (Lipinski definition) is 3. The first-order chi connectivity index (χ1) is 6.91. The summed E-state index contributed by atoms with van der Waals surface area (Å²) in [6.07, 6.45) is -5.28. The Balaban J connectivity index is 2.17. The molecule has 88 valence electrons. The molecule has 2 fully saturated rings. The van der Waals surface area contributed by atoms with Crippen LogP contribution in [-0.4, -0.2) is 52.1 Å². The summed E-state index contributed by atoms with van der Waals surface area (Å²) in [7, 11) is 0. The van der Waals surface area contributed by atoms with E-state index in [1.807, 2.05) is 0 Å². The number of aliphatic hydroxyl groups is 2. The molecule has 15 heavy (non-hydrogen) atoms. The molecule has 0 spiro atoms. The number of fused-ring (bicyclic) bond motifs is 1. The number of nitrogens with zero attached hydrogens (tertiary/aromatic N) is 1. The second-order valence-corrected chi connectivity index (χ2v) is 4.31. The molecule has 3 nitrogen and oxygen atoms in total. The summed E-state index contributed by atoms with van der Waals surface area (Å²) in [5.41, 5.74) is 0. The predicted molar refractivity (Wildman–Crippen MR) is 46.2 cm³/mol. The summed E-state index contributed by atoms with van der Waals surface area (Å²) in [6, 6.07) is -2.02. The summed E-state index contributed by atoms with van der Waals surface area (Å²) in [5.74, 6) is 0. The van der Waals surface area contributed by atoms with E-state index in [-0.39, 0.29) is 13.0 Å². The van der Waals surface area contributed by atoms with Crippen LogP contribution in [0.2, 0.25) is 0 Å². The first-order valence-corrected chi connectivity index (χ1v) is 5.10. The molecular formula is C9H14F3NO2. The van der Waals surface area contributed by atoms with Gasteiger partial charge in [-0.2, -0.15) is 13.2 Å².